The van der Waals surface area contributed by atoms with Crippen molar-refractivity contribution in [2.45, 2.75) is 41.5 Å². The van der Waals surface area contributed by atoms with Crippen molar-refractivity contribution in [2.75, 3.05) is 0 Å². The van der Waals surface area contributed by atoms with Crippen molar-refractivity contribution < 1.29 is 0 Å². The monoisotopic (exact) mass is 829 g/mol. The van der Waals surface area contributed by atoms with E-state index in [4.69, 9.17) is 0 Å². The van der Waals surface area contributed by atoms with Gasteiger partial charge in [0.2, 0.25) is 0 Å². The third-order valence-corrected chi connectivity index (χ3v) is 8.49. The molecule has 3 heterocycles. The van der Waals surface area contributed by atoms with Crippen molar-refractivity contribution >= 4 is 119 Å². The van der Waals surface area contributed by atoms with E-state index in [1.165, 1.54) is 32.8 Å². The SMILES string of the molecule is Cc1cc(C)c2cccc([Se])c2n1.Cc1cc(C)c2cccc([Se])c2n1.Cc1cc(C)c2cccc([Se])c2n1.[Sb]. The van der Waals surface area contributed by atoms with Crippen LogP contribution < -0.4 is 13.4 Å². The average molecular weight is 827 g/mol. The van der Waals surface area contributed by atoms with Crippen LogP contribution >= 0.6 is 0 Å². The van der Waals surface area contributed by atoms with Gasteiger partial charge in [0.25, 0.3) is 0 Å². The van der Waals surface area contributed by atoms with Gasteiger partial charge in [0.05, 0.1) is 0 Å². The second-order valence-corrected chi connectivity index (χ2v) is 12.5. The molecule has 3 aromatic carbocycles. The predicted octanol–water partition coefficient (Wildman–Crippen LogP) is 4.56. The van der Waals surface area contributed by atoms with E-state index in [2.05, 4.69) is 138 Å². The molecule has 0 aliphatic heterocycles. The van der Waals surface area contributed by atoms with Crippen LogP contribution in [0.4, 0.5) is 0 Å². The van der Waals surface area contributed by atoms with E-state index in [0.717, 1.165) is 47.0 Å². The molecule has 0 N–H and O–H groups in total. The number of para-hydroxylation sites is 3. The maximum absolute atomic E-state index is 4.50. The van der Waals surface area contributed by atoms with Crippen LogP contribution in [0.1, 0.15) is 33.8 Å². The molecule has 0 spiro atoms. The van der Waals surface area contributed by atoms with Crippen LogP contribution in [0.25, 0.3) is 32.7 Å². The van der Waals surface area contributed by atoms with E-state index in [1.807, 2.05) is 39.0 Å². The minimum Gasteiger partial charge on any atom is 0 e. The van der Waals surface area contributed by atoms with E-state index in [9.17, 15) is 0 Å². The van der Waals surface area contributed by atoms with Crippen LogP contribution in [0.15, 0.2) is 72.8 Å². The quantitative estimate of drug-likeness (QED) is 0.211. The minimum atomic E-state index is 0. The van der Waals surface area contributed by atoms with E-state index in [1.54, 1.807) is 0 Å². The smallest absolute Gasteiger partial charge is 0 e. The summed E-state index contributed by atoms with van der Waals surface area (Å²) in [6, 6.07) is 25.0. The van der Waals surface area contributed by atoms with Gasteiger partial charge in [-0.2, -0.15) is 0 Å². The zero-order chi connectivity index (χ0) is 28.3. The molecule has 0 unspecified atom stereocenters. The predicted molar refractivity (Wildman–Crippen MR) is 176 cm³/mol. The fourth-order valence-electron chi connectivity index (χ4n) is 4.67. The van der Waals surface area contributed by atoms with Crippen LogP contribution in [-0.4, -0.2) is 87.4 Å². The topological polar surface area (TPSA) is 38.7 Å². The zero-order valence-electron chi connectivity index (χ0n) is 23.4. The fraction of sp³-hybridized carbons (Fsp3) is 0.182. The number of aryl methyl sites for hydroxylation is 6. The molecule has 40 heavy (non-hydrogen) atoms. The number of nitrogens with zero attached hydrogens (tertiary/aromatic N) is 3. The third kappa shape index (κ3) is 7.75. The normalized spacial score (nSPS) is 10.3. The molecule has 0 aliphatic carbocycles. The summed E-state index contributed by atoms with van der Waals surface area (Å²) < 4.78 is 3.39. The Kier molecular flexibility index (Phi) is 11.8. The van der Waals surface area contributed by atoms with Gasteiger partial charge in [-0.05, 0) is 0 Å². The van der Waals surface area contributed by atoms with Gasteiger partial charge in [-0.15, -0.1) is 0 Å². The largest absolute Gasteiger partial charge is 0 e. The third-order valence-electron chi connectivity index (χ3n) is 6.41. The molecule has 200 valence electrons. The molecule has 6 rings (SSSR count). The van der Waals surface area contributed by atoms with Gasteiger partial charge >= 0.3 is 257 Å². The van der Waals surface area contributed by atoms with Crippen molar-refractivity contribution in [1.82, 2.24) is 15.0 Å². The second kappa shape index (κ2) is 14.4. The molecule has 0 saturated heterocycles. The average Bonchev–Trinajstić information content (AvgIpc) is 2.87. The van der Waals surface area contributed by atoms with Crippen molar-refractivity contribution in [3.05, 3.63) is 107 Å². The van der Waals surface area contributed by atoms with Crippen LogP contribution in [0.5, 0.6) is 0 Å². The van der Waals surface area contributed by atoms with E-state index in [-0.39, 0.29) is 24.4 Å². The summed E-state index contributed by atoms with van der Waals surface area (Å²) in [7, 11) is 0. The van der Waals surface area contributed by atoms with Crippen LogP contribution in [0, 0.1) is 41.5 Å². The van der Waals surface area contributed by atoms with E-state index in [0.29, 0.717) is 0 Å². The van der Waals surface area contributed by atoms with Crippen molar-refractivity contribution in [3.8, 4) is 0 Å². The molecule has 6 radical (unpaired) electrons. The summed E-state index contributed by atoms with van der Waals surface area (Å²) >= 11 is 9.11. The Hall–Kier alpha value is -1.73. The molecule has 0 atom stereocenters. The van der Waals surface area contributed by atoms with Crippen LogP contribution in [0.3, 0.4) is 0 Å². The molecular formula is C33H30N3SbSe3. The van der Waals surface area contributed by atoms with Crippen molar-refractivity contribution in [1.29, 1.82) is 0 Å². The number of pyridine rings is 3. The minimum absolute atomic E-state index is 0. The molecule has 0 saturated carbocycles. The van der Waals surface area contributed by atoms with Gasteiger partial charge in [-0.25, -0.2) is 0 Å². The van der Waals surface area contributed by atoms with Crippen molar-refractivity contribution in [2.24, 2.45) is 0 Å². The molecule has 0 aliphatic rings. The van der Waals surface area contributed by atoms with Gasteiger partial charge in [0.15, 0.2) is 0 Å². The van der Waals surface area contributed by atoms with Crippen molar-refractivity contribution in [3.63, 3.8) is 0 Å². The maximum Gasteiger partial charge on any atom is 0 e. The standard InChI is InChI=1S/3C11H10NSe.Sb/c3*1-7-6-8(2)12-11-9(7)4-3-5-10(11)13;/h3*3-6H,1-2H3;. The molecule has 0 bridgehead atoms. The van der Waals surface area contributed by atoms with E-state index < -0.39 is 0 Å². The second-order valence-electron chi connectivity index (χ2n) is 9.70. The van der Waals surface area contributed by atoms with Crippen LogP contribution in [0.2, 0.25) is 0 Å². The fourth-order valence-corrected chi connectivity index (χ4v) is 6.14. The number of hydrogen-bond acceptors (Lipinski definition) is 3. The molecule has 6 aromatic rings. The number of hydrogen-bond donors (Lipinski definition) is 0. The molecule has 0 fully saturated rings. The van der Waals surface area contributed by atoms with Gasteiger partial charge in [0, 0.05) is 24.4 Å². The molecular weight excluding hydrogens is 797 g/mol. The first-order valence-corrected chi connectivity index (χ1v) is 15.2. The van der Waals surface area contributed by atoms with Gasteiger partial charge in [0.1, 0.15) is 0 Å². The maximum atomic E-state index is 4.50. The zero-order valence-corrected chi connectivity index (χ0v) is 31.1. The summed E-state index contributed by atoms with van der Waals surface area (Å²) in [5, 5.41) is 3.71. The summed E-state index contributed by atoms with van der Waals surface area (Å²) in [6.07, 6.45) is 0. The molecule has 3 nitrogen and oxygen atoms in total. The Morgan fingerprint density at radius 1 is 0.425 bits per heavy atom. The summed E-state index contributed by atoms with van der Waals surface area (Å²) in [5.74, 6) is 0. The molecule has 3 aromatic heterocycles. The Morgan fingerprint density at radius 2 is 0.675 bits per heavy atom. The summed E-state index contributed by atoms with van der Waals surface area (Å²) in [4.78, 5) is 13.5. The van der Waals surface area contributed by atoms with Gasteiger partial charge in [-0.3, -0.25) is 0 Å². The first kappa shape index (κ1) is 32.8. The Bertz CT molecular complexity index is 1610. The summed E-state index contributed by atoms with van der Waals surface area (Å²) in [6.45, 7) is 12.4. The summed E-state index contributed by atoms with van der Waals surface area (Å²) in [5.41, 5.74) is 10.4. The van der Waals surface area contributed by atoms with Gasteiger partial charge in [-0.1, -0.05) is 0 Å². The molecule has 7 heteroatoms. The first-order valence-electron chi connectivity index (χ1n) is 12.7. The van der Waals surface area contributed by atoms with Crippen LogP contribution in [-0.2, 0) is 0 Å². The number of fused-ring (bicyclic) bond motifs is 3. The van der Waals surface area contributed by atoms with Gasteiger partial charge < -0.3 is 0 Å². The Morgan fingerprint density at radius 3 is 0.925 bits per heavy atom. The Labute approximate surface area is 279 Å². The Balaban J connectivity index is 0.000000163. The number of rotatable bonds is 0. The molecule has 0 amide bonds. The first-order chi connectivity index (χ1) is 18.5. The number of aromatic nitrogens is 3. The number of benzene rings is 3. The van der Waals surface area contributed by atoms with E-state index >= 15 is 0 Å².